The summed E-state index contributed by atoms with van der Waals surface area (Å²) < 4.78 is 2.07. The van der Waals surface area contributed by atoms with Crippen LogP contribution in [0.25, 0.3) is 10.9 Å². The van der Waals surface area contributed by atoms with E-state index in [4.69, 9.17) is 0 Å². The van der Waals surface area contributed by atoms with Crippen LogP contribution in [-0.4, -0.2) is 22.9 Å². The van der Waals surface area contributed by atoms with Crippen LogP contribution in [0.4, 0.5) is 0 Å². The normalized spacial score (nSPS) is 11.5. The summed E-state index contributed by atoms with van der Waals surface area (Å²) in [6.07, 6.45) is 4.50. The van der Waals surface area contributed by atoms with Crippen LogP contribution in [0.3, 0.4) is 0 Å². The van der Waals surface area contributed by atoms with Gasteiger partial charge in [0.15, 0.2) is 0 Å². The van der Waals surface area contributed by atoms with Gasteiger partial charge in [-0.1, -0.05) is 32.0 Å². The number of para-hydroxylation sites is 1. The minimum atomic E-state index is 0.807. The quantitative estimate of drug-likeness (QED) is 0.760. The number of rotatable bonds is 7. The third-order valence-corrected chi connectivity index (χ3v) is 3.19. The van der Waals surface area contributed by atoms with E-state index in [1.807, 2.05) is 6.20 Å². The predicted molar refractivity (Wildman–Crippen MR) is 76.7 cm³/mol. The van der Waals surface area contributed by atoms with Crippen LogP contribution >= 0.6 is 0 Å². The van der Waals surface area contributed by atoms with Crippen molar-refractivity contribution in [1.82, 2.24) is 15.1 Å². The van der Waals surface area contributed by atoms with E-state index in [2.05, 4.69) is 53.2 Å². The van der Waals surface area contributed by atoms with Gasteiger partial charge in [0.2, 0.25) is 0 Å². The molecule has 98 valence electrons. The van der Waals surface area contributed by atoms with Gasteiger partial charge in [-0.3, -0.25) is 4.68 Å². The standard InChI is InChI=1S/C15H23N3/c1-13(2)6-5-9-16-10-11-18-15-8-4-3-7-14(15)12-17-18/h3-4,7-8,12-13,16H,5-6,9-11H2,1-2H3. The lowest BCUT2D eigenvalue weighted by Crippen LogP contribution is -2.21. The van der Waals surface area contributed by atoms with Gasteiger partial charge in [-0.15, -0.1) is 0 Å². The summed E-state index contributed by atoms with van der Waals surface area (Å²) in [6, 6.07) is 8.35. The molecule has 1 N–H and O–H groups in total. The Balaban J connectivity index is 1.74. The number of aromatic nitrogens is 2. The lowest BCUT2D eigenvalue weighted by atomic mass is 10.1. The molecule has 3 nitrogen and oxygen atoms in total. The maximum Gasteiger partial charge on any atom is 0.0682 e. The molecule has 1 heterocycles. The molecule has 0 saturated heterocycles. The average Bonchev–Trinajstić information content (AvgIpc) is 2.77. The summed E-state index contributed by atoms with van der Waals surface area (Å²) >= 11 is 0. The fraction of sp³-hybridized carbons (Fsp3) is 0.533. The minimum absolute atomic E-state index is 0.807. The highest BCUT2D eigenvalue weighted by Crippen LogP contribution is 2.11. The van der Waals surface area contributed by atoms with Crippen molar-refractivity contribution in [1.29, 1.82) is 0 Å². The summed E-state index contributed by atoms with van der Waals surface area (Å²) in [5, 5.41) is 9.12. The zero-order valence-electron chi connectivity index (χ0n) is 11.4. The fourth-order valence-electron chi connectivity index (χ4n) is 2.15. The first-order valence-electron chi connectivity index (χ1n) is 6.88. The molecule has 0 radical (unpaired) electrons. The monoisotopic (exact) mass is 245 g/mol. The minimum Gasteiger partial charge on any atom is -0.315 e. The van der Waals surface area contributed by atoms with E-state index in [1.165, 1.54) is 23.7 Å². The topological polar surface area (TPSA) is 29.9 Å². The number of fused-ring (bicyclic) bond motifs is 1. The van der Waals surface area contributed by atoms with Gasteiger partial charge in [0.25, 0.3) is 0 Å². The second-order valence-electron chi connectivity index (χ2n) is 5.21. The molecular weight excluding hydrogens is 222 g/mol. The van der Waals surface area contributed by atoms with Crippen molar-refractivity contribution in [3.8, 4) is 0 Å². The highest BCUT2D eigenvalue weighted by molar-refractivity contribution is 5.78. The van der Waals surface area contributed by atoms with Crippen molar-refractivity contribution in [3.05, 3.63) is 30.5 Å². The predicted octanol–water partition coefficient (Wildman–Crippen LogP) is 3.06. The molecular formula is C15H23N3. The van der Waals surface area contributed by atoms with Gasteiger partial charge < -0.3 is 5.32 Å². The highest BCUT2D eigenvalue weighted by Gasteiger charge is 2.00. The molecule has 0 amide bonds. The van der Waals surface area contributed by atoms with Crippen molar-refractivity contribution in [2.24, 2.45) is 5.92 Å². The van der Waals surface area contributed by atoms with Crippen molar-refractivity contribution < 1.29 is 0 Å². The van der Waals surface area contributed by atoms with Crippen molar-refractivity contribution in [3.63, 3.8) is 0 Å². The third-order valence-electron chi connectivity index (χ3n) is 3.19. The maximum atomic E-state index is 4.42. The molecule has 18 heavy (non-hydrogen) atoms. The van der Waals surface area contributed by atoms with Gasteiger partial charge in [0.05, 0.1) is 18.3 Å². The van der Waals surface area contributed by atoms with Crippen molar-refractivity contribution >= 4 is 10.9 Å². The average molecular weight is 245 g/mol. The molecule has 3 heteroatoms. The van der Waals surface area contributed by atoms with E-state index in [0.717, 1.165) is 25.6 Å². The maximum absolute atomic E-state index is 4.42. The second-order valence-corrected chi connectivity index (χ2v) is 5.21. The van der Waals surface area contributed by atoms with Gasteiger partial charge in [0, 0.05) is 11.9 Å². The largest absolute Gasteiger partial charge is 0.315 e. The highest BCUT2D eigenvalue weighted by atomic mass is 15.3. The van der Waals surface area contributed by atoms with Crippen LogP contribution in [0, 0.1) is 5.92 Å². The van der Waals surface area contributed by atoms with E-state index in [1.54, 1.807) is 0 Å². The number of nitrogens with one attached hydrogen (secondary N) is 1. The van der Waals surface area contributed by atoms with Crippen LogP contribution < -0.4 is 5.32 Å². The van der Waals surface area contributed by atoms with Crippen LogP contribution in [0.5, 0.6) is 0 Å². The molecule has 2 rings (SSSR count). The Bertz CT molecular complexity index is 473. The van der Waals surface area contributed by atoms with Crippen LogP contribution in [-0.2, 0) is 6.54 Å². The molecule has 0 aliphatic carbocycles. The Morgan fingerprint density at radius 1 is 1.22 bits per heavy atom. The van der Waals surface area contributed by atoms with E-state index in [-0.39, 0.29) is 0 Å². The first kappa shape index (κ1) is 13.1. The summed E-state index contributed by atoms with van der Waals surface area (Å²) in [4.78, 5) is 0. The van der Waals surface area contributed by atoms with E-state index < -0.39 is 0 Å². The first-order chi connectivity index (χ1) is 8.77. The zero-order valence-corrected chi connectivity index (χ0v) is 11.4. The molecule has 0 spiro atoms. The van der Waals surface area contributed by atoms with Gasteiger partial charge >= 0.3 is 0 Å². The molecule has 0 aliphatic rings. The van der Waals surface area contributed by atoms with Crippen LogP contribution in [0.2, 0.25) is 0 Å². The lowest BCUT2D eigenvalue weighted by molar-refractivity contribution is 0.508. The van der Waals surface area contributed by atoms with Crippen molar-refractivity contribution in [2.75, 3.05) is 13.1 Å². The van der Waals surface area contributed by atoms with E-state index in [9.17, 15) is 0 Å². The number of nitrogens with zero attached hydrogens (tertiary/aromatic N) is 2. The van der Waals surface area contributed by atoms with Gasteiger partial charge in [0.1, 0.15) is 0 Å². The van der Waals surface area contributed by atoms with Gasteiger partial charge in [-0.2, -0.15) is 5.10 Å². The molecule has 0 atom stereocenters. The molecule has 0 bridgehead atoms. The first-order valence-corrected chi connectivity index (χ1v) is 6.88. The number of hydrogen-bond donors (Lipinski definition) is 1. The Morgan fingerprint density at radius 3 is 2.89 bits per heavy atom. The summed E-state index contributed by atoms with van der Waals surface area (Å²) in [5.41, 5.74) is 1.22. The van der Waals surface area contributed by atoms with Gasteiger partial charge in [-0.05, 0) is 31.4 Å². The van der Waals surface area contributed by atoms with Gasteiger partial charge in [-0.25, -0.2) is 0 Å². The molecule has 0 saturated carbocycles. The Morgan fingerprint density at radius 2 is 2.06 bits per heavy atom. The molecule has 0 aliphatic heterocycles. The Hall–Kier alpha value is -1.35. The molecule has 0 fully saturated rings. The van der Waals surface area contributed by atoms with Crippen molar-refractivity contribution in [2.45, 2.75) is 33.2 Å². The fourth-order valence-corrected chi connectivity index (χ4v) is 2.15. The summed E-state index contributed by atoms with van der Waals surface area (Å²) in [7, 11) is 0. The summed E-state index contributed by atoms with van der Waals surface area (Å²) in [6.45, 7) is 7.59. The van der Waals surface area contributed by atoms with E-state index in [0.29, 0.717) is 0 Å². The third kappa shape index (κ3) is 3.57. The molecule has 1 aromatic heterocycles. The molecule has 1 aromatic carbocycles. The Labute approximate surface area is 109 Å². The molecule has 2 aromatic rings. The number of hydrogen-bond acceptors (Lipinski definition) is 2. The summed E-state index contributed by atoms with van der Waals surface area (Å²) in [5.74, 6) is 0.807. The zero-order chi connectivity index (χ0) is 12.8. The lowest BCUT2D eigenvalue weighted by Gasteiger charge is -2.07. The number of benzene rings is 1. The van der Waals surface area contributed by atoms with E-state index >= 15 is 0 Å². The smallest absolute Gasteiger partial charge is 0.0682 e. The van der Waals surface area contributed by atoms with Crippen LogP contribution in [0.15, 0.2) is 30.5 Å². The van der Waals surface area contributed by atoms with Crippen LogP contribution in [0.1, 0.15) is 26.7 Å². The Kier molecular flexibility index (Phi) is 4.76. The SMILES string of the molecule is CC(C)CCCNCCn1ncc2ccccc21. The second kappa shape index (κ2) is 6.55. The molecule has 0 unspecified atom stereocenters.